The zero-order valence-electron chi connectivity index (χ0n) is 18.7. The Bertz CT molecular complexity index is 1050. The largest absolute Gasteiger partial charge is 0.333 e. The molecule has 0 saturated heterocycles. The van der Waals surface area contributed by atoms with Gasteiger partial charge in [-0.1, -0.05) is 67.2 Å². The molecule has 0 aliphatic heterocycles. The van der Waals surface area contributed by atoms with E-state index >= 15 is 0 Å². The lowest BCUT2D eigenvalue weighted by Gasteiger charge is -2.21. The van der Waals surface area contributed by atoms with Gasteiger partial charge in [0.2, 0.25) is 11.8 Å². The van der Waals surface area contributed by atoms with E-state index in [-0.39, 0.29) is 24.1 Å². The van der Waals surface area contributed by atoms with E-state index in [0.717, 1.165) is 29.1 Å². The number of anilines is 1. The second kappa shape index (κ2) is 11.5. The summed E-state index contributed by atoms with van der Waals surface area (Å²) in [6, 6.07) is 17.5. The fourth-order valence-corrected chi connectivity index (χ4v) is 4.24. The topological polar surface area (TPSA) is 80.1 Å². The van der Waals surface area contributed by atoms with Crippen LogP contribution in [-0.2, 0) is 16.1 Å². The molecular weight excluding hydrogens is 422 g/mol. The highest BCUT2D eigenvalue weighted by Crippen LogP contribution is 2.24. The van der Waals surface area contributed by atoms with Crippen LogP contribution in [0.1, 0.15) is 25.8 Å². The minimum absolute atomic E-state index is 0.0251. The summed E-state index contributed by atoms with van der Waals surface area (Å²) in [6.07, 6.45) is 0.775. The van der Waals surface area contributed by atoms with Crippen molar-refractivity contribution < 1.29 is 9.59 Å². The van der Waals surface area contributed by atoms with Crippen LogP contribution in [0.4, 0.5) is 5.69 Å². The van der Waals surface area contributed by atoms with Gasteiger partial charge in [0.1, 0.15) is 0 Å². The molecule has 0 fully saturated rings. The van der Waals surface area contributed by atoms with Gasteiger partial charge in [-0.2, -0.15) is 0 Å². The van der Waals surface area contributed by atoms with Gasteiger partial charge in [-0.25, -0.2) is 0 Å². The molecule has 0 radical (unpaired) electrons. The van der Waals surface area contributed by atoms with Gasteiger partial charge < -0.3 is 14.8 Å². The number of para-hydroxylation sites is 1. The molecule has 0 aliphatic rings. The summed E-state index contributed by atoms with van der Waals surface area (Å²) in [6.45, 7) is 7.21. The Labute approximate surface area is 193 Å². The number of rotatable bonds is 10. The van der Waals surface area contributed by atoms with Gasteiger partial charge in [0.15, 0.2) is 11.0 Å². The molecule has 0 atom stereocenters. The second-order valence-corrected chi connectivity index (χ2v) is 8.33. The predicted octanol–water partition coefficient (Wildman–Crippen LogP) is 4.24. The van der Waals surface area contributed by atoms with Crippen LogP contribution in [-0.4, -0.2) is 50.3 Å². The summed E-state index contributed by atoms with van der Waals surface area (Å²) in [5.41, 5.74) is 2.73. The number of thioether (sulfide) groups is 1. The molecule has 0 spiro atoms. The number of aryl methyl sites for hydroxylation is 1. The SMILES string of the molecule is CCCN(CC(=O)Nc1ccccc1C)C(=O)CSc1nnc(-c2ccccc2)n1CC. The molecule has 3 rings (SSSR count). The summed E-state index contributed by atoms with van der Waals surface area (Å²) in [4.78, 5) is 27.1. The third kappa shape index (κ3) is 5.97. The van der Waals surface area contributed by atoms with E-state index in [1.807, 2.05) is 79.9 Å². The molecule has 2 aromatic carbocycles. The molecule has 0 unspecified atom stereocenters. The molecule has 168 valence electrons. The van der Waals surface area contributed by atoms with Crippen molar-refractivity contribution in [1.82, 2.24) is 19.7 Å². The number of amides is 2. The van der Waals surface area contributed by atoms with E-state index in [0.29, 0.717) is 18.2 Å². The number of nitrogens with zero attached hydrogens (tertiary/aromatic N) is 4. The molecule has 3 aromatic rings. The first-order valence-corrected chi connectivity index (χ1v) is 11.8. The Morgan fingerprint density at radius 2 is 1.75 bits per heavy atom. The van der Waals surface area contributed by atoms with Gasteiger partial charge >= 0.3 is 0 Å². The maximum Gasteiger partial charge on any atom is 0.244 e. The van der Waals surface area contributed by atoms with Gasteiger partial charge in [-0.05, 0) is 31.9 Å². The van der Waals surface area contributed by atoms with E-state index in [4.69, 9.17) is 0 Å². The van der Waals surface area contributed by atoms with Gasteiger partial charge in [-0.15, -0.1) is 10.2 Å². The Hall–Kier alpha value is -3.13. The third-order valence-corrected chi connectivity index (χ3v) is 5.94. The minimum Gasteiger partial charge on any atom is -0.333 e. The number of hydrogen-bond acceptors (Lipinski definition) is 5. The van der Waals surface area contributed by atoms with Crippen LogP contribution >= 0.6 is 11.8 Å². The molecule has 32 heavy (non-hydrogen) atoms. The van der Waals surface area contributed by atoms with Crippen molar-refractivity contribution in [2.45, 2.75) is 38.9 Å². The van der Waals surface area contributed by atoms with E-state index < -0.39 is 0 Å². The van der Waals surface area contributed by atoms with E-state index in [1.165, 1.54) is 11.8 Å². The van der Waals surface area contributed by atoms with Crippen molar-refractivity contribution in [3.05, 3.63) is 60.2 Å². The lowest BCUT2D eigenvalue weighted by molar-refractivity contribution is -0.132. The predicted molar refractivity (Wildman–Crippen MR) is 129 cm³/mol. The smallest absolute Gasteiger partial charge is 0.244 e. The number of benzene rings is 2. The number of aromatic nitrogens is 3. The van der Waals surface area contributed by atoms with Gasteiger partial charge in [0.25, 0.3) is 0 Å². The first-order chi connectivity index (χ1) is 15.5. The molecule has 2 amide bonds. The van der Waals surface area contributed by atoms with Crippen molar-refractivity contribution in [2.24, 2.45) is 0 Å². The number of carbonyl (C=O) groups is 2. The fraction of sp³-hybridized carbons (Fsp3) is 0.333. The van der Waals surface area contributed by atoms with Crippen LogP contribution in [0.15, 0.2) is 59.8 Å². The van der Waals surface area contributed by atoms with Gasteiger partial charge in [0, 0.05) is 24.3 Å². The molecule has 0 bridgehead atoms. The van der Waals surface area contributed by atoms with Crippen LogP contribution in [0.2, 0.25) is 0 Å². The highest BCUT2D eigenvalue weighted by Gasteiger charge is 2.19. The maximum absolute atomic E-state index is 12.9. The average Bonchev–Trinajstić information content (AvgIpc) is 3.22. The van der Waals surface area contributed by atoms with E-state index in [2.05, 4.69) is 15.5 Å². The third-order valence-electron chi connectivity index (χ3n) is 4.99. The summed E-state index contributed by atoms with van der Waals surface area (Å²) in [5, 5.41) is 12.2. The van der Waals surface area contributed by atoms with Crippen LogP contribution in [0, 0.1) is 6.92 Å². The van der Waals surface area contributed by atoms with Crippen LogP contribution in [0.3, 0.4) is 0 Å². The minimum atomic E-state index is -0.200. The Morgan fingerprint density at radius 1 is 1.03 bits per heavy atom. The standard InChI is InChI=1S/C24H29N5O2S/c1-4-15-28(16-21(30)25-20-14-10-9-11-18(20)3)22(31)17-32-24-27-26-23(29(24)5-2)19-12-7-6-8-13-19/h6-14H,4-5,15-17H2,1-3H3,(H,25,30). The lowest BCUT2D eigenvalue weighted by atomic mass is 10.2. The normalized spacial score (nSPS) is 10.7. The van der Waals surface area contributed by atoms with Crippen LogP contribution in [0.25, 0.3) is 11.4 Å². The summed E-state index contributed by atoms with van der Waals surface area (Å²) < 4.78 is 2.00. The maximum atomic E-state index is 12.9. The van der Waals surface area contributed by atoms with Crippen molar-refractivity contribution >= 4 is 29.3 Å². The molecule has 8 heteroatoms. The first-order valence-electron chi connectivity index (χ1n) is 10.8. The summed E-state index contributed by atoms with van der Waals surface area (Å²) >= 11 is 1.35. The monoisotopic (exact) mass is 451 g/mol. The fourth-order valence-electron chi connectivity index (χ4n) is 3.34. The molecule has 7 nitrogen and oxygen atoms in total. The Morgan fingerprint density at radius 3 is 2.44 bits per heavy atom. The molecule has 0 aliphatic carbocycles. The zero-order valence-corrected chi connectivity index (χ0v) is 19.6. The van der Waals surface area contributed by atoms with E-state index in [1.54, 1.807) is 4.90 Å². The molecule has 1 N–H and O–H groups in total. The Balaban J connectivity index is 1.63. The van der Waals surface area contributed by atoms with Crippen molar-refractivity contribution in [1.29, 1.82) is 0 Å². The van der Waals surface area contributed by atoms with E-state index in [9.17, 15) is 9.59 Å². The first kappa shape index (κ1) is 23.5. The quantitative estimate of drug-likeness (QED) is 0.466. The lowest BCUT2D eigenvalue weighted by Crippen LogP contribution is -2.39. The second-order valence-electron chi connectivity index (χ2n) is 7.38. The number of nitrogens with one attached hydrogen (secondary N) is 1. The number of hydrogen-bond donors (Lipinski definition) is 1. The Kier molecular flexibility index (Phi) is 8.44. The molecule has 1 heterocycles. The molecule has 0 saturated carbocycles. The van der Waals surface area contributed by atoms with Crippen molar-refractivity contribution in [2.75, 3.05) is 24.2 Å². The van der Waals surface area contributed by atoms with Crippen LogP contribution in [0.5, 0.6) is 0 Å². The summed E-state index contributed by atoms with van der Waals surface area (Å²) in [7, 11) is 0. The van der Waals surface area contributed by atoms with Gasteiger partial charge in [0.05, 0.1) is 12.3 Å². The molecular formula is C24H29N5O2S. The highest BCUT2D eigenvalue weighted by atomic mass is 32.2. The van der Waals surface area contributed by atoms with Crippen LogP contribution < -0.4 is 5.32 Å². The highest BCUT2D eigenvalue weighted by molar-refractivity contribution is 7.99. The van der Waals surface area contributed by atoms with Crippen molar-refractivity contribution in [3.8, 4) is 11.4 Å². The summed E-state index contributed by atoms with van der Waals surface area (Å²) in [5.74, 6) is 0.689. The van der Waals surface area contributed by atoms with Crippen molar-refractivity contribution in [3.63, 3.8) is 0 Å². The molecule has 1 aromatic heterocycles. The van der Waals surface area contributed by atoms with Gasteiger partial charge in [-0.3, -0.25) is 9.59 Å². The number of carbonyl (C=O) groups excluding carboxylic acids is 2. The zero-order chi connectivity index (χ0) is 22.9. The average molecular weight is 452 g/mol.